The van der Waals surface area contributed by atoms with E-state index in [9.17, 15) is 4.79 Å². The van der Waals surface area contributed by atoms with Gasteiger partial charge in [0.15, 0.2) is 5.82 Å². The van der Waals surface area contributed by atoms with E-state index in [0.29, 0.717) is 28.8 Å². The van der Waals surface area contributed by atoms with Crippen molar-refractivity contribution in [3.63, 3.8) is 0 Å². The molecule has 2 rings (SSSR count). The first-order valence-electron chi connectivity index (χ1n) is 5.30. The number of anilines is 1. The highest BCUT2D eigenvalue weighted by Crippen LogP contribution is 2.20. The minimum atomic E-state index is -0.236. The highest BCUT2D eigenvalue weighted by atomic mass is 32.1. The third-order valence-electron chi connectivity index (χ3n) is 2.18. The smallest absolute Gasteiger partial charge is 0.268 e. The van der Waals surface area contributed by atoms with Gasteiger partial charge in [0.2, 0.25) is 0 Å². The second-order valence-electron chi connectivity index (χ2n) is 3.73. The Bertz CT molecular complexity index is 562. The average molecular weight is 267 g/mol. The van der Waals surface area contributed by atoms with Gasteiger partial charge in [0, 0.05) is 13.2 Å². The van der Waals surface area contributed by atoms with E-state index in [1.54, 1.807) is 27.0 Å². The zero-order chi connectivity index (χ0) is 13.1. The van der Waals surface area contributed by atoms with E-state index in [1.807, 2.05) is 0 Å². The average Bonchev–Trinajstić information content (AvgIpc) is 2.86. The normalized spacial score (nSPS) is 10.6. The lowest BCUT2D eigenvalue weighted by Gasteiger charge is -1.97. The maximum Gasteiger partial charge on any atom is 0.268 e. The molecule has 6 nitrogen and oxygen atoms in total. The fourth-order valence-electron chi connectivity index (χ4n) is 1.45. The Morgan fingerprint density at radius 3 is 2.94 bits per heavy atom. The molecule has 0 aliphatic heterocycles. The van der Waals surface area contributed by atoms with Crippen LogP contribution in [0.25, 0.3) is 0 Å². The van der Waals surface area contributed by atoms with Crippen molar-refractivity contribution in [3.05, 3.63) is 27.4 Å². The fraction of sp³-hybridized carbons (Fsp3) is 0.364. The van der Waals surface area contributed by atoms with Crippen molar-refractivity contribution in [1.29, 1.82) is 0 Å². The molecule has 0 saturated heterocycles. The first-order valence-corrected chi connectivity index (χ1v) is 6.11. The number of thiazole rings is 1. The van der Waals surface area contributed by atoms with Crippen molar-refractivity contribution in [2.24, 2.45) is 0 Å². The zero-order valence-corrected chi connectivity index (χ0v) is 11.1. The van der Waals surface area contributed by atoms with Crippen LogP contribution in [0.15, 0.2) is 10.6 Å². The van der Waals surface area contributed by atoms with E-state index in [-0.39, 0.29) is 5.91 Å². The van der Waals surface area contributed by atoms with Crippen LogP contribution in [0, 0.1) is 13.8 Å². The van der Waals surface area contributed by atoms with Gasteiger partial charge in [-0.15, -0.1) is 11.3 Å². The first-order chi connectivity index (χ1) is 8.60. The van der Waals surface area contributed by atoms with Crippen LogP contribution in [0.4, 0.5) is 5.82 Å². The lowest BCUT2D eigenvalue weighted by atomic mass is 10.3. The Kier molecular flexibility index (Phi) is 3.73. The van der Waals surface area contributed by atoms with Crippen molar-refractivity contribution in [2.75, 3.05) is 12.4 Å². The lowest BCUT2D eigenvalue weighted by molar-refractivity contribution is 0.102. The summed E-state index contributed by atoms with van der Waals surface area (Å²) in [6, 6.07) is 1.66. The Labute approximate surface area is 108 Å². The molecule has 96 valence electrons. The summed E-state index contributed by atoms with van der Waals surface area (Å²) in [6.45, 7) is 3.96. The molecule has 0 bridgehead atoms. The molecule has 0 aliphatic carbocycles. The molecule has 2 aromatic heterocycles. The van der Waals surface area contributed by atoms with Crippen LogP contribution >= 0.6 is 11.3 Å². The minimum absolute atomic E-state index is 0.236. The summed E-state index contributed by atoms with van der Waals surface area (Å²) >= 11 is 1.31. The molecule has 0 saturated carbocycles. The molecule has 18 heavy (non-hydrogen) atoms. The number of rotatable bonds is 4. The topological polar surface area (TPSA) is 77.2 Å². The monoisotopic (exact) mass is 267 g/mol. The largest absolute Gasteiger partial charge is 0.378 e. The van der Waals surface area contributed by atoms with Gasteiger partial charge < -0.3 is 14.6 Å². The van der Waals surface area contributed by atoms with E-state index < -0.39 is 0 Å². The number of carbonyl (C=O) groups excluding carboxylic acids is 1. The molecule has 0 aliphatic rings. The van der Waals surface area contributed by atoms with Crippen molar-refractivity contribution in [1.82, 2.24) is 10.1 Å². The summed E-state index contributed by atoms with van der Waals surface area (Å²) in [7, 11) is 1.59. The molecule has 7 heteroatoms. The van der Waals surface area contributed by atoms with Gasteiger partial charge in [-0.25, -0.2) is 4.98 Å². The minimum Gasteiger partial charge on any atom is -0.378 e. The predicted molar refractivity (Wildman–Crippen MR) is 66.8 cm³/mol. The van der Waals surface area contributed by atoms with Crippen LogP contribution in [0.5, 0.6) is 0 Å². The van der Waals surface area contributed by atoms with E-state index in [4.69, 9.17) is 9.26 Å². The molecule has 0 fully saturated rings. The van der Waals surface area contributed by atoms with Gasteiger partial charge in [0.05, 0.1) is 12.3 Å². The van der Waals surface area contributed by atoms with Crippen molar-refractivity contribution >= 4 is 23.1 Å². The molecule has 0 spiro atoms. The number of amides is 1. The van der Waals surface area contributed by atoms with Gasteiger partial charge in [-0.05, 0) is 13.8 Å². The second-order valence-corrected chi connectivity index (χ2v) is 4.82. The molecule has 2 heterocycles. The first kappa shape index (κ1) is 12.7. The van der Waals surface area contributed by atoms with Gasteiger partial charge in [-0.3, -0.25) is 4.79 Å². The number of nitrogens with one attached hydrogen (secondary N) is 1. The van der Waals surface area contributed by atoms with E-state index in [1.165, 1.54) is 11.3 Å². The Hall–Kier alpha value is -1.73. The number of aryl methyl sites for hydroxylation is 2. The zero-order valence-electron chi connectivity index (χ0n) is 10.3. The standard InChI is InChI=1S/C11H13N3O3S/c1-6-4-8(14-17-6)13-11(15)10-7(2)12-9(18-10)5-16-3/h4H,5H2,1-3H3,(H,13,14,15). The number of nitrogens with zero attached hydrogens (tertiary/aromatic N) is 2. The van der Waals surface area contributed by atoms with Gasteiger partial charge in [0.25, 0.3) is 5.91 Å². The molecule has 0 aromatic carbocycles. The summed E-state index contributed by atoms with van der Waals surface area (Å²) in [4.78, 5) is 16.8. The number of ether oxygens (including phenoxy) is 1. The maximum absolute atomic E-state index is 12.0. The van der Waals surface area contributed by atoms with Crippen LogP contribution in [0.1, 0.15) is 26.1 Å². The Morgan fingerprint density at radius 1 is 1.56 bits per heavy atom. The summed E-state index contributed by atoms with van der Waals surface area (Å²) in [5.74, 6) is 0.811. The van der Waals surface area contributed by atoms with Crippen LogP contribution in [0.3, 0.4) is 0 Å². The number of aromatic nitrogens is 2. The molecular formula is C11H13N3O3S. The summed E-state index contributed by atoms with van der Waals surface area (Å²) in [5.41, 5.74) is 0.685. The van der Waals surface area contributed by atoms with Crippen molar-refractivity contribution in [2.45, 2.75) is 20.5 Å². The highest BCUT2D eigenvalue weighted by Gasteiger charge is 2.16. The number of hydrogen-bond acceptors (Lipinski definition) is 6. The Balaban J connectivity index is 2.13. The summed E-state index contributed by atoms with van der Waals surface area (Å²) in [5, 5.41) is 7.14. The van der Waals surface area contributed by atoms with Crippen LogP contribution in [-0.4, -0.2) is 23.2 Å². The molecule has 0 unspecified atom stereocenters. The van der Waals surface area contributed by atoms with Gasteiger partial charge in [0.1, 0.15) is 15.6 Å². The summed E-state index contributed by atoms with van der Waals surface area (Å²) < 4.78 is 9.86. The Morgan fingerprint density at radius 2 is 2.33 bits per heavy atom. The molecule has 2 aromatic rings. The second kappa shape index (κ2) is 5.28. The van der Waals surface area contributed by atoms with Crippen molar-refractivity contribution in [3.8, 4) is 0 Å². The molecule has 0 radical (unpaired) electrons. The van der Waals surface area contributed by atoms with Crippen LogP contribution < -0.4 is 5.32 Å². The molecule has 1 amide bonds. The van der Waals surface area contributed by atoms with E-state index >= 15 is 0 Å². The van der Waals surface area contributed by atoms with E-state index in [0.717, 1.165) is 5.01 Å². The highest BCUT2D eigenvalue weighted by molar-refractivity contribution is 7.13. The number of carbonyl (C=O) groups is 1. The number of methoxy groups -OCH3 is 1. The van der Waals surface area contributed by atoms with Crippen molar-refractivity contribution < 1.29 is 14.1 Å². The third kappa shape index (κ3) is 2.74. The maximum atomic E-state index is 12.0. The van der Waals surface area contributed by atoms with Gasteiger partial charge in [-0.1, -0.05) is 5.16 Å². The quantitative estimate of drug-likeness (QED) is 0.918. The predicted octanol–water partition coefficient (Wildman–Crippen LogP) is 2.15. The van der Waals surface area contributed by atoms with E-state index in [2.05, 4.69) is 15.5 Å². The molecule has 1 N–H and O–H groups in total. The van der Waals surface area contributed by atoms with Gasteiger partial charge in [-0.2, -0.15) is 0 Å². The fourth-order valence-corrected chi connectivity index (χ4v) is 2.38. The van der Waals surface area contributed by atoms with Gasteiger partial charge >= 0.3 is 0 Å². The summed E-state index contributed by atoms with van der Waals surface area (Å²) in [6.07, 6.45) is 0. The molecular weight excluding hydrogens is 254 g/mol. The van der Waals surface area contributed by atoms with Crippen LogP contribution in [-0.2, 0) is 11.3 Å². The molecule has 0 atom stereocenters. The number of hydrogen-bond donors (Lipinski definition) is 1. The SMILES string of the molecule is COCc1nc(C)c(C(=O)Nc2cc(C)on2)s1. The van der Waals surface area contributed by atoms with Crippen LogP contribution in [0.2, 0.25) is 0 Å². The lowest BCUT2D eigenvalue weighted by Crippen LogP contribution is -2.11. The third-order valence-corrected chi connectivity index (χ3v) is 3.31.